The summed E-state index contributed by atoms with van der Waals surface area (Å²) in [7, 11) is 0. The van der Waals surface area contributed by atoms with Gasteiger partial charge in [-0.05, 0) is 196 Å². The van der Waals surface area contributed by atoms with Crippen LogP contribution in [0.5, 0.6) is 0 Å². The minimum absolute atomic E-state index is 0.0538. The number of hydrogen-bond donors (Lipinski definition) is 0. The summed E-state index contributed by atoms with van der Waals surface area (Å²) >= 11 is 0. The zero-order valence-electron chi connectivity index (χ0n) is 54.5. The Morgan fingerprint density at radius 1 is 0.242 bits per heavy atom. The van der Waals surface area contributed by atoms with E-state index in [1.54, 1.807) is 0 Å². The van der Waals surface area contributed by atoms with Crippen LogP contribution in [-0.2, 0) is 10.8 Å². The van der Waals surface area contributed by atoms with Crippen LogP contribution < -0.4 is 26.2 Å². The first-order valence-corrected chi connectivity index (χ1v) is 33.1. The van der Waals surface area contributed by atoms with Crippen LogP contribution >= 0.6 is 0 Å². The molecule has 5 heteroatoms. The topological polar surface area (TPSA) is 32.3 Å². The molecule has 0 unspecified atom stereocenters. The van der Waals surface area contributed by atoms with Gasteiger partial charge in [-0.25, -0.2) is 9.97 Å². The summed E-state index contributed by atoms with van der Waals surface area (Å²) in [5, 5.41) is 0. The van der Waals surface area contributed by atoms with Gasteiger partial charge in [-0.1, -0.05) is 272 Å². The summed E-state index contributed by atoms with van der Waals surface area (Å²) in [6.07, 6.45) is 0. The van der Waals surface area contributed by atoms with E-state index in [1.807, 2.05) is 0 Å². The molecule has 0 saturated carbocycles. The fourth-order valence-corrected chi connectivity index (χ4v) is 14.1. The van der Waals surface area contributed by atoms with Gasteiger partial charge in [-0.2, -0.15) is 0 Å². The molecule has 0 N–H and O–H groups in total. The smallest absolute Gasteiger partial charge is 0.252 e. The maximum absolute atomic E-state index is 5.91. The number of fused-ring (bicyclic) bond motifs is 4. The van der Waals surface area contributed by atoms with E-state index in [0.717, 1.165) is 118 Å². The highest BCUT2D eigenvalue weighted by atomic mass is 15.2. The lowest BCUT2D eigenvalue weighted by Gasteiger charge is -2.44. The molecule has 454 valence electrons. The Balaban J connectivity index is 1.02. The molecule has 0 fully saturated rings. The van der Waals surface area contributed by atoms with Gasteiger partial charge in [0.05, 0.1) is 11.4 Å². The standard InChI is InChI=1S/C90H71BN4/c1-89(2,3)75-39-43-77(44-40-75)94-83-55-66(60-25-13-7-14-26-60)37-47-79(83)91-80-48-38-67(61-27-15-8-16-28-61)56-84(80)95(78-45-41-76(42-46-78)90(4,5)6)86-58-73(57-85(94)87(86)91)82-59-81(72-51-68(62-29-17-9-18-30-62)49-69(52-72)63-31-19-10-20-32-63)92-88(93-82)74-53-70(64-33-21-11-22-34-64)50-71(54-74)65-35-23-12-24-36-65/h7-59H,1-6H3. The number of benzene rings is 13. The number of nitrogens with zero attached hydrogens (tertiary/aromatic N) is 4. The number of hydrogen-bond acceptors (Lipinski definition) is 4. The first-order valence-electron chi connectivity index (χ1n) is 33.1. The molecule has 1 aromatic heterocycles. The second-order valence-electron chi connectivity index (χ2n) is 27.4. The average molecular weight is 1220 g/mol. The zero-order valence-corrected chi connectivity index (χ0v) is 54.5. The quantitative estimate of drug-likeness (QED) is 0.121. The van der Waals surface area contributed by atoms with Crippen molar-refractivity contribution in [2.45, 2.75) is 52.4 Å². The van der Waals surface area contributed by atoms with Gasteiger partial charge >= 0.3 is 0 Å². The van der Waals surface area contributed by atoms with Gasteiger partial charge < -0.3 is 9.80 Å². The Labute approximate surface area is 559 Å². The van der Waals surface area contributed by atoms with Crippen molar-refractivity contribution < 1.29 is 0 Å². The fraction of sp³-hybridized carbons (Fsp3) is 0.0889. The van der Waals surface area contributed by atoms with Crippen molar-refractivity contribution in [2.24, 2.45) is 0 Å². The Kier molecular flexibility index (Phi) is 14.8. The average Bonchev–Trinajstić information content (AvgIpc) is 0.695. The van der Waals surface area contributed by atoms with Crippen molar-refractivity contribution in [2.75, 3.05) is 9.80 Å². The lowest BCUT2D eigenvalue weighted by atomic mass is 9.33. The first kappa shape index (κ1) is 58.7. The van der Waals surface area contributed by atoms with Gasteiger partial charge in [-0.3, -0.25) is 0 Å². The number of anilines is 6. The Morgan fingerprint density at radius 3 is 0.853 bits per heavy atom. The minimum Gasteiger partial charge on any atom is -0.311 e. The number of aromatic nitrogens is 2. The Bertz CT molecular complexity index is 4720. The normalized spacial score (nSPS) is 12.5. The zero-order chi connectivity index (χ0) is 64.4. The fourth-order valence-electron chi connectivity index (χ4n) is 14.1. The molecule has 16 rings (SSSR count). The Hall–Kier alpha value is -11.4. The van der Waals surface area contributed by atoms with Crippen LogP contribution in [0.3, 0.4) is 0 Å². The highest BCUT2D eigenvalue weighted by Crippen LogP contribution is 2.49. The van der Waals surface area contributed by atoms with Gasteiger partial charge in [0, 0.05) is 50.8 Å². The molecule has 2 aliphatic heterocycles. The lowest BCUT2D eigenvalue weighted by Crippen LogP contribution is -2.61. The SMILES string of the molecule is CC(C)(C)c1ccc(N2c3cc(-c4ccccc4)ccc3B3c4ccc(-c5ccccc5)cc4N(c4ccc(C(C)(C)C)cc4)c4cc(-c5cc(-c6cc(-c7ccccc7)cc(-c7ccccc7)c6)nc(-c6cc(-c7ccccc7)cc(-c7ccccc7)c6)n5)cc2c43)cc1. The molecule has 0 bridgehead atoms. The van der Waals surface area contributed by atoms with Crippen molar-refractivity contribution >= 4 is 57.2 Å². The second kappa shape index (κ2) is 23.9. The molecule has 14 aromatic rings. The highest BCUT2D eigenvalue weighted by Gasteiger charge is 2.44. The van der Waals surface area contributed by atoms with E-state index in [-0.39, 0.29) is 17.5 Å². The summed E-state index contributed by atoms with van der Waals surface area (Å²) in [4.78, 5) is 16.8. The summed E-state index contributed by atoms with van der Waals surface area (Å²) in [5.74, 6) is 0.628. The van der Waals surface area contributed by atoms with Crippen molar-refractivity contribution in [1.82, 2.24) is 9.97 Å². The monoisotopic (exact) mass is 1220 g/mol. The van der Waals surface area contributed by atoms with Crippen LogP contribution in [0.25, 0.3) is 101 Å². The molecule has 0 aliphatic carbocycles. The predicted molar refractivity (Wildman–Crippen MR) is 402 cm³/mol. The van der Waals surface area contributed by atoms with Gasteiger partial charge in [0.25, 0.3) is 6.71 Å². The largest absolute Gasteiger partial charge is 0.311 e. The van der Waals surface area contributed by atoms with E-state index in [1.165, 1.54) is 38.6 Å². The summed E-state index contributed by atoms with van der Waals surface area (Å²) in [6, 6.07) is 118. The van der Waals surface area contributed by atoms with Crippen LogP contribution in [0, 0.1) is 0 Å². The van der Waals surface area contributed by atoms with E-state index in [2.05, 4.69) is 373 Å². The second-order valence-corrected chi connectivity index (χ2v) is 27.4. The van der Waals surface area contributed by atoms with Crippen molar-refractivity contribution in [3.8, 4) is 101 Å². The van der Waals surface area contributed by atoms with Crippen LogP contribution in [0.1, 0.15) is 52.7 Å². The van der Waals surface area contributed by atoms with Crippen LogP contribution in [-0.4, -0.2) is 16.7 Å². The van der Waals surface area contributed by atoms with Crippen molar-refractivity contribution in [1.29, 1.82) is 0 Å². The third-order valence-corrected chi connectivity index (χ3v) is 19.1. The van der Waals surface area contributed by atoms with E-state index >= 15 is 0 Å². The van der Waals surface area contributed by atoms with E-state index in [0.29, 0.717) is 5.82 Å². The van der Waals surface area contributed by atoms with Crippen LogP contribution in [0.4, 0.5) is 34.1 Å². The molecule has 95 heavy (non-hydrogen) atoms. The maximum atomic E-state index is 5.91. The lowest BCUT2D eigenvalue weighted by molar-refractivity contribution is 0.590. The van der Waals surface area contributed by atoms with Crippen LogP contribution in [0.15, 0.2) is 322 Å². The van der Waals surface area contributed by atoms with Gasteiger partial charge in [0.15, 0.2) is 5.82 Å². The Morgan fingerprint density at radius 2 is 0.526 bits per heavy atom. The number of rotatable bonds is 11. The maximum Gasteiger partial charge on any atom is 0.252 e. The minimum atomic E-state index is -0.144. The predicted octanol–water partition coefficient (Wildman–Crippen LogP) is 22.2. The van der Waals surface area contributed by atoms with Crippen molar-refractivity contribution in [3.63, 3.8) is 0 Å². The van der Waals surface area contributed by atoms with Crippen molar-refractivity contribution in [3.05, 3.63) is 333 Å². The van der Waals surface area contributed by atoms with Gasteiger partial charge in [0.2, 0.25) is 0 Å². The molecule has 13 aromatic carbocycles. The molecule has 3 heterocycles. The van der Waals surface area contributed by atoms with Gasteiger partial charge in [-0.15, -0.1) is 0 Å². The molecule has 2 aliphatic rings. The molecular weight excluding hydrogens is 1150 g/mol. The van der Waals surface area contributed by atoms with E-state index < -0.39 is 0 Å². The molecule has 0 radical (unpaired) electrons. The molecule has 0 spiro atoms. The summed E-state index contributed by atoms with van der Waals surface area (Å²) in [5.41, 5.74) is 30.8. The van der Waals surface area contributed by atoms with Gasteiger partial charge in [0.1, 0.15) is 0 Å². The third kappa shape index (κ3) is 11.2. The molecule has 0 saturated heterocycles. The highest BCUT2D eigenvalue weighted by molar-refractivity contribution is 7.00. The van der Waals surface area contributed by atoms with E-state index in [4.69, 9.17) is 9.97 Å². The molecular formula is C90H71BN4. The molecule has 0 atom stereocenters. The summed E-state index contributed by atoms with van der Waals surface area (Å²) in [6.45, 7) is 13.6. The van der Waals surface area contributed by atoms with E-state index in [9.17, 15) is 0 Å². The van der Waals surface area contributed by atoms with Crippen LogP contribution in [0.2, 0.25) is 0 Å². The third-order valence-electron chi connectivity index (χ3n) is 19.1. The molecule has 4 nitrogen and oxygen atoms in total. The molecule has 0 amide bonds. The summed E-state index contributed by atoms with van der Waals surface area (Å²) < 4.78 is 0. The first-order chi connectivity index (χ1) is 46.3.